The van der Waals surface area contributed by atoms with Crippen LogP contribution in [-0.4, -0.2) is 41.1 Å². The van der Waals surface area contributed by atoms with Crippen molar-refractivity contribution in [3.63, 3.8) is 0 Å². The van der Waals surface area contributed by atoms with E-state index in [1.807, 2.05) is 26.8 Å². The summed E-state index contributed by atoms with van der Waals surface area (Å²) < 4.78 is 26.1. The number of amides is 1. The second kappa shape index (κ2) is 14.1. The topological polar surface area (TPSA) is 38.8 Å². The third-order valence-electron chi connectivity index (χ3n) is 5.77. The molecule has 1 fully saturated rings. The highest BCUT2D eigenvalue weighted by molar-refractivity contribution is 5.70. The number of halogens is 1. The van der Waals surface area contributed by atoms with Gasteiger partial charge in [-0.3, -0.25) is 4.90 Å². The molecule has 1 unspecified atom stereocenters. The maximum Gasteiger partial charge on any atom is 0.413 e. The molecule has 4 nitrogen and oxygen atoms in total. The van der Waals surface area contributed by atoms with Crippen LogP contribution in [0.5, 0.6) is 0 Å². The molecule has 0 aromatic carbocycles. The lowest BCUT2D eigenvalue weighted by Gasteiger charge is -2.35. The maximum absolute atomic E-state index is 14.9. The predicted octanol–water partition coefficient (Wildman–Crippen LogP) is 7.95. The van der Waals surface area contributed by atoms with E-state index in [4.69, 9.17) is 9.47 Å². The average Bonchev–Trinajstić information content (AvgIpc) is 2.99. The van der Waals surface area contributed by atoms with E-state index in [1.54, 1.807) is 19.9 Å². The van der Waals surface area contributed by atoms with E-state index >= 15 is 0 Å². The normalized spacial score (nSPS) is 19.8. The van der Waals surface area contributed by atoms with E-state index in [2.05, 4.69) is 6.92 Å². The Labute approximate surface area is 190 Å². The highest BCUT2D eigenvalue weighted by atomic mass is 19.1. The van der Waals surface area contributed by atoms with E-state index in [0.29, 0.717) is 0 Å². The highest BCUT2D eigenvalue weighted by Crippen LogP contribution is 2.32. The molecule has 0 aromatic heterocycles. The van der Waals surface area contributed by atoms with Crippen LogP contribution in [0.15, 0.2) is 12.2 Å². The summed E-state index contributed by atoms with van der Waals surface area (Å²) >= 11 is 0. The molecule has 1 aliphatic heterocycles. The molecular formula is C26H48FNO3. The van der Waals surface area contributed by atoms with Crippen LogP contribution in [0.1, 0.15) is 119 Å². The first-order chi connectivity index (χ1) is 14.6. The molecule has 2 atom stereocenters. The van der Waals surface area contributed by atoms with Gasteiger partial charge < -0.3 is 9.47 Å². The minimum absolute atomic E-state index is 0.177. The number of carbonyl (C=O) groups is 1. The first-order valence-electron chi connectivity index (χ1n) is 12.6. The van der Waals surface area contributed by atoms with Gasteiger partial charge in [0.05, 0.1) is 12.6 Å². The van der Waals surface area contributed by atoms with E-state index in [9.17, 15) is 9.18 Å². The molecule has 0 N–H and O–H groups in total. The highest BCUT2D eigenvalue weighted by Gasteiger charge is 2.48. The van der Waals surface area contributed by atoms with Gasteiger partial charge in [-0.15, -0.1) is 0 Å². The van der Waals surface area contributed by atoms with Crippen molar-refractivity contribution in [2.24, 2.45) is 0 Å². The summed E-state index contributed by atoms with van der Waals surface area (Å²) in [6.07, 6.45) is 17.0. The Hall–Kier alpha value is -1.10. The van der Waals surface area contributed by atoms with Crippen LogP contribution in [0, 0.1) is 0 Å². The minimum atomic E-state index is -1.26. The molecule has 1 amide bonds. The molecule has 1 aliphatic rings. The van der Waals surface area contributed by atoms with Crippen LogP contribution in [0.4, 0.5) is 9.18 Å². The summed E-state index contributed by atoms with van der Waals surface area (Å²) in [5, 5.41) is 0. The molecule has 5 heteroatoms. The standard InChI is InChI=1S/C26H48FNO3/c1-7-8-9-10-11-12-13-14-15-16-17-18-19-20-22(27)23-21-30-26(5,6)28(23)24(29)31-25(2,3)4/h19-20,22-23H,7-18,21H2,1-6H3/b20-19+/t22?,23-/m0/s1. The van der Waals surface area contributed by atoms with Crippen molar-refractivity contribution >= 4 is 6.09 Å². The Bertz CT molecular complexity index is 527. The minimum Gasteiger partial charge on any atom is -0.444 e. The Morgan fingerprint density at radius 1 is 1.06 bits per heavy atom. The quantitative estimate of drug-likeness (QED) is 0.203. The van der Waals surface area contributed by atoms with Gasteiger partial charge in [0.1, 0.15) is 17.5 Å². The molecule has 0 bridgehead atoms. The Morgan fingerprint density at radius 2 is 1.58 bits per heavy atom. The third kappa shape index (κ3) is 11.4. The van der Waals surface area contributed by atoms with Crippen molar-refractivity contribution in [2.75, 3.05) is 6.61 Å². The van der Waals surface area contributed by atoms with Gasteiger partial charge in [0, 0.05) is 0 Å². The number of alkyl halides is 1. The Kier molecular flexibility index (Phi) is 12.7. The molecule has 0 saturated carbocycles. The zero-order valence-corrected chi connectivity index (χ0v) is 21.1. The van der Waals surface area contributed by atoms with Crippen LogP contribution in [-0.2, 0) is 9.47 Å². The largest absolute Gasteiger partial charge is 0.444 e. The second-order valence-corrected chi connectivity index (χ2v) is 10.4. The van der Waals surface area contributed by atoms with Gasteiger partial charge in [-0.2, -0.15) is 0 Å². The van der Waals surface area contributed by atoms with Gasteiger partial charge in [0.15, 0.2) is 0 Å². The van der Waals surface area contributed by atoms with Crippen LogP contribution >= 0.6 is 0 Å². The number of nitrogens with zero attached hydrogens (tertiary/aromatic N) is 1. The van der Waals surface area contributed by atoms with Gasteiger partial charge in [-0.05, 0) is 47.5 Å². The maximum atomic E-state index is 14.9. The fourth-order valence-corrected chi connectivity index (χ4v) is 4.01. The Morgan fingerprint density at radius 3 is 2.10 bits per heavy atom. The lowest BCUT2D eigenvalue weighted by Crippen LogP contribution is -2.52. The van der Waals surface area contributed by atoms with Crippen molar-refractivity contribution in [3.05, 3.63) is 12.2 Å². The van der Waals surface area contributed by atoms with Crippen LogP contribution < -0.4 is 0 Å². The number of ether oxygens (including phenoxy) is 2. The van der Waals surface area contributed by atoms with Crippen molar-refractivity contribution in [1.29, 1.82) is 0 Å². The number of hydrogen-bond donors (Lipinski definition) is 0. The lowest BCUT2D eigenvalue weighted by molar-refractivity contribution is -0.0643. The molecule has 1 rings (SSSR count). The zero-order chi connectivity index (χ0) is 23.3. The molecule has 0 spiro atoms. The van der Waals surface area contributed by atoms with Crippen molar-refractivity contribution in [1.82, 2.24) is 4.90 Å². The van der Waals surface area contributed by atoms with Gasteiger partial charge in [0.25, 0.3) is 0 Å². The number of carbonyl (C=O) groups excluding carboxylic acids is 1. The van der Waals surface area contributed by atoms with Crippen molar-refractivity contribution < 1.29 is 18.7 Å². The molecular weight excluding hydrogens is 393 g/mol. The van der Waals surface area contributed by atoms with E-state index in [1.165, 1.54) is 69.1 Å². The van der Waals surface area contributed by atoms with Crippen LogP contribution in [0.25, 0.3) is 0 Å². The fourth-order valence-electron chi connectivity index (χ4n) is 4.01. The van der Waals surface area contributed by atoms with Crippen LogP contribution in [0.3, 0.4) is 0 Å². The van der Waals surface area contributed by atoms with Gasteiger partial charge >= 0.3 is 6.09 Å². The first-order valence-corrected chi connectivity index (χ1v) is 12.6. The first kappa shape index (κ1) is 27.9. The summed E-state index contributed by atoms with van der Waals surface area (Å²) in [6, 6.07) is -0.654. The molecule has 1 heterocycles. The number of allylic oxidation sites excluding steroid dienone is 1. The number of rotatable bonds is 14. The zero-order valence-electron chi connectivity index (χ0n) is 21.1. The Balaban J connectivity index is 2.26. The van der Waals surface area contributed by atoms with Crippen molar-refractivity contribution in [2.45, 2.75) is 142 Å². The summed E-state index contributed by atoms with van der Waals surface area (Å²) in [5.41, 5.74) is -1.50. The molecule has 0 aromatic rings. The monoisotopic (exact) mass is 441 g/mol. The average molecular weight is 442 g/mol. The SMILES string of the molecule is CCCCCCCCCCCCC/C=C/C(F)[C@@H]1COC(C)(C)N1C(=O)OC(C)(C)C. The van der Waals surface area contributed by atoms with E-state index in [-0.39, 0.29) is 6.61 Å². The summed E-state index contributed by atoms with van der Waals surface area (Å²) in [4.78, 5) is 14.0. The van der Waals surface area contributed by atoms with Gasteiger partial charge in [-0.25, -0.2) is 9.18 Å². The summed E-state index contributed by atoms with van der Waals surface area (Å²) in [6.45, 7) is 11.4. The van der Waals surface area contributed by atoms with E-state index in [0.717, 1.165) is 12.8 Å². The van der Waals surface area contributed by atoms with E-state index < -0.39 is 29.6 Å². The van der Waals surface area contributed by atoms with Crippen LogP contribution in [0.2, 0.25) is 0 Å². The van der Waals surface area contributed by atoms with Gasteiger partial charge in [0.2, 0.25) is 0 Å². The van der Waals surface area contributed by atoms with Gasteiger partial charge in [-0.1, -0.05) is 83.3 Å². The number of unbranched alkanes of at least 4 members (excludes halogenated alkanes) is 11. The lowest BCUT2D eigenvalue weighted by atomic mass is 10.0. The third-order valence-corrected chi connectivity index (χ3v) is 5.77. The van der Waals surface area contributed by atoms with Crippen molar-refractivity contribution in [3.8, 4) is 0 Å². The second-order valence-electron chi connectivity index (χ2n) is 10.4. The molecule has 1 saturated heterocycles. The predicted molar refractivity (Wildman–Crippen MR) is 127 cm³/mol. The molecule has 182 valence electrons. The molecule has 0 radical (unpaired) electrons. The summed E-state index contributed by atoms with van der Waals surface area (Å²) in [7, 11) is 0. The number of hydrogen-bond acceptors (Lipinski definition) is 3. The summed E-state index contributed by atoms with van der Waals surface area (Å²) in [5.74, 6) is 0. The smallest absolute Gasteiger partial charge is 0.413 e. The fraction of sp³-hybridized carbons (Fsp3) is 0.885. The molecule has 0 aliphatic carbocycles. The molecule has 31 heavy (non-hydrogen) atoms.